The summed E-state index contributed by atoms with van der Waals surface area (Å²) < 4.78 is 0. The number of rotatable bonds is 4. The molecule has 19 heavy (non-hydrogen) atoms. The van der Waals surface area contributed by atoms with Gasteiger partial charge in [0.15, 0.2) is 0 Å². The highest BCUT2D eigenvalue weighted by Crippen LogP contribution is 2.15. The molecular weight excluding hydrogens is 240 g/mol. The second-order valence-electron chi connectivity index (χ2n) is 5.25. The van der Waals surface area contributed by atoms with Crippen LogP contribution in [-0.2, 0) is 11.3 Å². The first-order valence-electron chi connectivity index (χ1n) is 6.74. The van der Waals surface area contributed by atoms with Gasteiger partial charge in [-0.2, -0.15) is 0 Å². The van der Waals surface area contributed by atoms with Crippen LogP contribution >= 0.6 is 0 Å². The van der Waals surface area contributed by atoms with E-state index < -0.39 is 0 Å². The standard InChI is InChI=1S/C15H20N2O2/c1-11(2)16-15(19)13-6-3-5-12(9-13)10-17-8-4-7-14(17)18/h3,5-6,9,11H,4,7-8,10H2,1-2H3,(H,16,19). The monoisotopic (exact) mass is 260 g/mol. The van der Waals surface area contributed by atoms with E-state index in [1.54, 1.807) is 6.07 Å². The Bertz CT molecular complexity index is 483. The molecule has 4 nitrogen and oxygen atoms in total. The number of carbonyl (C=O) groups is 2. The Balaban J connectivity index is 2.06. The van der Waals surface area contributed by atoms with Crippen LogP contribution in [0.15, 0.2) is 24.3 Å². The minimum absolute atomic E-state index is 0.0652. The van der Waals surface area contributed by atoms with E-state index in [9.17, 15) is 9.59 Å². The average Bonchev–Trinajstić information content (AvgIpc) is 2.75. The van der Waals surface area contributed by atoms with Gasteiger partial charge in [0.1, 0.15) is 0 Å². The molecule has 1 aromatic rings. The van der Waals surface area contributed by atoms with Crippen LogP contribution in [0.25, 0.3) is 0 Å². The molecule has 0 radical (unpaired) electrons. The molecule has 0 atom stereocenters. The fraction of sp³-hybridized carbons (Fsp3) is 0.467. The van der Waals surface area contributed by atoms with Crippen LogP contribution in [0.3, 0.4) is 0 Å². The minimum Gasteiger partial charge on any atom is -0.350 e. The van der Waals surface area contributed by atoms with Crippen molar-refractivity contribution in [3.8, 4) is 0 Å². The molecule has 2 rings (SSSR count). The smallest absolute Gasteiger partial charge is 0.251 e. The van der Waals surface area contributed by atoms with Gasteiger partial charge in [0.25, 0.3) is 5.91 Å². The maximum absolute atomic E-state index is 11.9. The van der Waals surface area contributed by atoms with Crippen LogP contribution in [0.4, 0.5) is 0 Å². The predicted octanol–water partition coefficient (Wildman–Crippen LogP) is 1.95. The van der Waals surface area contributed by atoms with E-state index in [4.69, 9.17) is 0 Å². The number of carbonyl (C=O) groups excluding carboxylic acids is 2. The largest absolute Gasteiger partial charge is 0.350 e. The van der Waals surface area contributed by atoms with Crippen molar-refractivity contribution < 1.29 is 9.59 Å². The summed E-state index contributed by atoms with van der Waals surface area (Å²) in [6.07, 6.45) is 1.58. The van der Waals surface area contributed by atoms with Crippen molar-refractivity contribution >= 4 is 11.8 Å². The molecule has 0 spiro atoms. The van der Waals surface area contributed by atoms with Crippen LogP contribution in [0, 0.1) is 0 Å². The molecule has 0 unspecified atom stereocenters. The highest BCUT2D eigenvalue weighted by Gasteiger charge is 2.20. The summed E-state index contributed by atoms with van der Waals surface area (Å²) in [5.74, 6) is 0.140. The quantitative estimate of drug-likeness (QED) is 0.899. The van der Waals surface area contributed by atoms with Gasteiger partial charge in [-0.15, -0.1) is 0 Å². The summed E-state index contributed by atoms with van der Waals surface area (Å²) in [5, 5.41) is 2.87. The maximum atomic E-state index is 11.9. The van der Waals surface area contributed by atoms with E-state index in [1.807, 2.05) is 36.9 Å². The topological polar surface area (TPSA) is 49.4 Å². The van der Waals surface area contributed by atoms with E-state index in [2.05, 4.69) is 5.32 Å². The number of nitrogens with one attached hydrogen (secondary N) is 1. The predicted molar refractivity (Wildman–Crippen MR) is 73.7 cm³/mol. The third-order valence-corrected chi connectivity index (χ3v) is 3.15. The molecule has 1 fully saturated rings. The normalized spacial score (nSPS) is 15.1. The first-order valence-corrected chi connectivity index (χ1v) is 6.74. The Hall–Kier alpha value is -1.84. The molecule has 1 aliphatic rings. The molecular formula is C15H20N2O2. The Labute approximate surface area is 113 Å². The Morgan fingerprint density at radius 3 is 2.84 bits per heavy atom. The lowest BCUT2D eigenvalue weighted by atomic mass is 10.1. The van der Waals surface area contributed by atoms with Crippen LogP contribution in [0.2, 0.25) is 0 Å². The lowest BCUT2D eigenvalue weighted by molar-refractivity contribution is -0.128. The van der Waals surface area contributed by atoms with Gasteiger partial charge in [0.05, 0.1) is 0 Å². The second kappa shape index (κ2) is 5.87. The molecule has 4 heteroatoms. The van der Waals surface area contributed by atoms with E-state index in [-0.39, 0.29) is 17.9 Å². The summed E-state index contributed by atoms with van der Waals surface area (Å²) >= 11 is 0. The first-order chi connectivity index (χ1) is 9.06. The van der Waals surface area contributed by atoms with Gasteiger partial charge in [-0.05, 0) is 38.0 Å². The summed E-state index contributed by atoms with van der Waals surface area (Å²) in [7, 11) is 0. The molecule has 0 bridgehead atoms. The van der Waals surface area contributed by atoms with E-state index in [0.717, 1.165) is 18.5 Å². The van der Waals surface area contributed by atoms with E-state index in [0.29, 0.717) is 18.5 Å². The number of benzene rings is 1. The number of hydrogen-bond donors (Lipinski definition) is 1. The van der Waals surface area contributed by atoms with Gasteiger partial charge in [0.2, 0.25) is 5.91 Å². The van der Waals surface area contributed by atoms with Crippen molar-refractivity contribution in [2.75, 3.05) is 6.54 Å². The fourth-order valence-corrected chi connectivity index (χ4v) is 2.25. The van der Waals surface area contributed by atoms with Gasteiger partial charge in [-0.3, -0.25) is 9.59 Å². The molecule has 0 aliphatic carbocycles. The molecule has 1 aromatic carbocycles. The van der Waals surface area contributed by atoms with Gasteiger partial charge >= 0.3 is 0 Å². The molecule has 1 heterocycles. The van der Waals surface area contributed by atoms with Gasteiger partial charge < -0.3 is 10.2 Å². The maximum Gasteiger partial charge on any atom is 0.251 e. The van der Waals surface area contributed by atoms with Gasteiger partial charge in [-0.1, -0.05) is 12.1 Å². The van der Waals surface area contributed by atoms with Crippen LogP contribution in [0.5, 0.6) is 0 Å². The number of likely N-dealkylation sites (tertiary alicyclic amines) is 1. The van der Waals surface area contributed by atoms with E-state index >= 15 is 0 Å². The van der Waals surface area contributed by atoms with Crippen molar-refractivity contribution in [3.05, 3.63) is 35.4 Å². The first kappa shape index (κ1) is 13.6. The molecule has 102 valence electrons. The van der Waals surface area contributed by atoms with Crippen molar-refractivity contribution in [2.24, 2.45) is 0 Å². The average molecular weight is 260 g/mol. The Morgan fingerprint density at radius 2 is 2.21 bits per heavy atom. The molecule has 1 aliphatic heterocycles. The zero-order valence-corrected chi connectivity index (χ0v) is 11.5. The zero-order valence-electron chi connectivity index (χ0n) is 11.5. The molecule has 2 amide bonds. The van der Waals surface area contributed by atoms with Crippen molar-refractivity contribution in [3.63, 3.8) is 0 Å². The number of amides is 2. The second-order valence-corrected chi connectivity index (χ2v) is 5.25. The van der Waals surface area contributed by atoms with Crippen LogP contribution < -0.4 is 5.32 Å². The molecule has 1 saturated heterocycles. The Morgan fingerprint density at radius 1 is 1.42 bits per heavy atom. The lowest BCUT2D eigenvalue weighted by Gasteiger charge is -2.16. The third-order valence-electron chi connectivity index (χ3n) is 3.15. The summed E-state index contributed by atoms with van der Waals surface area (Å²) in [5.41, 5.74) is 1.66. The lowest BCUT2D eigenvalue weighted by Crippen LogP contribution is -2.30. The van der Waals surface area contributed by atoms with Crippen molar-refractivity contribution in [2.45, 2.75) is 39.3 Å². The number of nitrogens with zero attached hydrogens (tertiary/aromatic N) is 1. The third kappa shape index (κ3) is 3.56. The SMILES string of the molecule is CC(C)NC(=O)c1cccc(CN2CCCC2=O)c1. The summed E-state index contributed by atoms with van der Waals surface area (Å²) in [6.45, 7) is 5.29. The number of hydrogen-bond acceptors (Lipinski definition) is 2. The van der Waals surface area contributed by atoms with Crippen molar-refractivity contribution in [1.82, 2.24) is 10.2 Å². The zero-order chi connectivity index (χ0) is 13.8. The highest BCUT2D eigenvalue weighted by atomic mass is 16.2. The van der Waals surface area contributed by atoms with Crippen molar-refractivity contribution in [1.29, 1.82) is 0 Å². The fourth-order valence-electron chi connectivity index (χ4n) is 2.25. The van der Waals surface area contributed by atoms with E-state index in [1.165, 1.54) is 0 Å². The van der Waals surface area contributed by atoms with Crippen LogP contribution in [-0.4, -0.2) is 29.3 Å². The highest BCUT2D eigenvalue weighted by molar-refractivity contribution is 5.94. The molecule has 1 N–H and O–H groups in total. The molecule has 0 saturated carbocycles. The van der Waals surface area contributed by atoms with Gasteiger partial charge in [-0.25, -0.2) is 0 Å². The summed E-state index contributed by atoms with van der Waals surface area (Å²) in [4.78, 5) is 25.4. The van der Waals surface area contributed by atoms with Gasteiger partial charge in [0, 0.05) is 31.1 Å². The minimum atomic E-state index is -0.0652. The molecule has 0 aromatic heterocycles. The van der Waals surface area contributed by atoms with Crippen LogP contribution in [0.1, 0.15) is 42.6 Å². The summed E-state index contributed by atoms with van der Waals surface area (Å²) in [6, 6.07) is 7.61. The Kier molecular flexibility index (Phi) is 4.20.